The van der Waals surface area contributed by atoms with E-state index in [1.54, 1.807) is 12.1 Å². The highest BCUT2D eigenvalue weighted by molar-refractivity contribution is 7.89. The van der Waals surface area contributed by atoms with E-state index in [4.69, 9.17) is 5.73 Å². The van der Waals surface area contributed by atoms with Gasteiger partial charge in [0, 0.05) is 6.54 Å². The van der Waals surface area contributed by atoms with E-state index in [-0.39, 0.29) is 4.90 Å². The molecule has 4 nitrogen and oxygen atoms in total. The molecule has 3 N–H and O–H groups in total. The fraction of sp³-hybridized carbons (Fsp3) is 0.625. The number of hydrogen-bond donors (Lipinski definition) is 2. The number of anilines is 1. The average molecular weight is 312 g/mol. The molecule has 0 aromatic heterocycles. The van der Waals surface area contributed by atoms with Crippen molar-refractivity contribution < 1.29 is 8.42 Å². The molecule has 0 amide bonds. The van der Waals surface area contributed by atoms with Gasteiger partial charge in [-0.25, -0.2) is 13.1 Å². The zero-order valence-electron chi connectivity index (χ0n) is 13.6. The quantitative estimate of drug-likeness (QED) is 0.723. The molecule has 0 radical (unpaired) electrons. The number of hydrogen-bond acceptors (Lipinski definition) is 3. The van der Waals surface area contributed by atoms with Crippen LogP contribution in [0, 0.1) is 19.8 Å². The van der Waals surface area contributed by atoms with Gasteiger partial charge in [0.2, 0.25) is 10.0 Å². The van der Waals surface area contributed by atoms with Gasteiger partial charge >= 0.3 is 0 Å². The molecule has 0 spiro atoms. The molecular weight excluding hydrogens is 284 g/mol. The largest absolute Gasteiger partial charge is 0.398 e. The van der Waals surface area contributed by atoms with Crippen LogP contribution in [-0.2, 0) is 10.0 Å². The van der Waals surface area contributed by atoms with Crippen molar-refractivity contribution in [2.24, 2.45) is 5.92 Å². The van der Waals surface area contributed by atoms with E-state index >= 15 is 0 Å². The Morgan fingerprint density at radius 3 is 2.38 bits per heavy atom. The van der Waals surface area contributed by atoms with E-state index in [2.05, 4.69) is 18.6 Å². The lowest BCUT2D eigenvalue weighted by molar-refractivity contribution is 0.444. The molecule has 1 aromatic rings. The monoisotopic (exact) mass is 312 g/mol. The van der Waals surface area contributed by atoms with Gasteiger partial charge in [0.1, 0.15) is 4.90 Å². The summed E-state index contributed by atoms with van der Waals surface area (Å²) >= 11 is 0. The first-order valence-electron chi connectivity index (χ1n) is 7.68. The van der Waals surface area contributed by atoms with E-state index in [0.29, 0.717) is 18.2 Å². The van der Waals surface area contributed by atoms with Gasteiger partial charge in [0.15, 0.2) is 0 Å². The summed E-state index contributed by atoms with van der Waals surface area (Å²) in [5, 5.41) is 0. The lowest BCUT2D eigenvalue weighted by atomic mass is 10.00. The maximum absolute atomic E-state index is 12.4. The van der Waals surface area contributed by atoms with Crippen LogP contribution in [0.15, 0.2) is 17.0 Å². The molecule has 0 aliphatic heterocycles. The van der Waals surface area contributed by atoms with Gasteiger partial charge in [-0.1, -0.05) is 33.1 Å². The Labute approximate surface area is 129 Å². The van der Waals surface area contributed by atoms with Gasteiger partial charge in [0.05, 0.1) is 5.69 Å². The third-order valence-electron chi connectivity index (χ3n) is 4.02. The van der Waals surface area contributed by atoms with Crippen LogP contribution in [0.3, 0.4) is 0 Å². The third kappa shape index (κ3) is 5.00. The van der Waals surface area contributed by atoms with E-state index in [0.717, 1.165) is 36.8 Å². The Kier molecular flexibility index (Phi) is 6.68. The highest BCUT2D eigenvalue weighted by Gasteiger charge is 2.19. The third-order valence-corrected chi connectivity index (χ3v) is 5.50. The fourth-order valence-electron chi connectivity index (χ4n) is 2.29. The molecule has 120 valence electrons. The number of nitrogen functional groups attached to an aromatic ring is 1. The number of aryl methyl sites for hydroxylation is 2. The molecule has 1 unspecified atom stereocenters. The molecule has 0 saturated carbocycles. The van der Waals surface area contributed by atoms with E-state index in [1.807, 2.05) is 13.8 Å². The smallest absolute Gasteiger partial charge is 0.242 e. The van der Waals surface area contributed by atoms with Gasteiger partial charge in [-0.05, 0) is 49.4 Å². The van der Waals surface area contributed by atoms with Crippen LogP contribution in [0.2, 0.25) is 0 Å². The van der Waals surface area contributed by atoms with Crippen molar-refractivity contribution in [2.45, 2.75) is 58.3 Å². The zero-order valence-corrected chi connectivity index (χ0v) is 14.4. The Hall–Kier alpha value is -1.07. The van der Waals surface area contributed by atoms with Crippen molar-refractivity contribution in [1.29, 1.82) is 0 Å². The van der Waals surface area contributed by atoms with Crippen molar-refractivity contribution in [2.75, 3.05) is 12.3 Å². The number of rotatable bonds is 8. The minimum absolute atomic E-state index is 0.191. The molecule has 1 rings (SSSR count). The number of sulfonamides is 1. The lowest BCUT2D eigenvalue weighted by Crippen LogP contribution is -2.30. The second kappa shape index (κ2) is 7.80. The highest BCUT2D eigenvalue weighted by atomic mass is 32.2. The summed E-state index contributed by atoms with van der Waals surface area (Å²) in [5.41, 5.74) is 8.12. The first kappa shape index (κ1) is 18.0. The van der Waals surface area contributed by atoms with Crippen LogP contribution >= 0.6 is 0 Å². The maximum Gasteiger partial charge on any atom is 0.242 e. The molecule has 1 aromatic carbocycles. The Morgan fingerprint density at radius 2 is 1.81 bits per heavy atom. The predicted molar refractivity (Wildman–Crippen MR) is 88.8 cm³/mol. The highest BCUT2D eigenvalue weighted by Crippen LogP contribution is 2.23. The molecule has 0 heterocycles. The van der Waals surface area contributed by atoms with Crippen LogP contribution in [-0.4, -0.2) is 15.0 Å². The van der Waals surface area contributed by atoms with Gasteiger partial charge in [0.25, 0.3) is 0 Å². The normalized spacial score (nSPS) is 13.3. The molecule has 21 heavy (non-hydrogen) atoms. The van der Waals surface area contributed by atoms with Crippen LogP contribution in [0.4, 0.5) is 5.69 Å². The average Bonchev–Trinajstić information content (AvgIpc) is 2.43. The molecule has 0 aliphatic carbocycles. The van der Waals surface area contributed by atoms with Crippen LogP contribution in [0.25, 0.3) is 0 Å². The van der Waals surface area contributed by atoms with Gasteiger partial charge in [-0.2, -0.15) is 0 Å². The minimum Gasteiger partial charge on any atom is -0.398 e. The standard InChI is InChI=1S/C16H28N2O2S/c1-5-7-8-14(6-2)11-18-21(19,20)16-10-13(4)12(3)9-15(16)17/h9-10,14,18H,5-8,11,17H2,1-4H3. The maximum atomic E-state index is 12.4. The molecule has 0 fully saturated rings. The van der Waals surface area contributed by atoms with E-state index in [9.17, 15) is 8.42 Å². The molecular formula is C16H28N2O2S. The SMILES string of the molecule is CCCCC(CC)CNS(=O)(=O)c1cc(C)c(C)cc1N. The molecule has 0 bridgehead atoms. The molecule has 5 heteroatoms. The van der Waals surface area contributed by atoms with Crippen molar-refractivity contribution in [1.82, 2.24) is 4.72 Å². The summed E-state index contributed by atoms with van der Waals surface area (Å²) in [5.74, 6) is 0.382. The first-order valence-corrected chi connectivity index (χ1v) is 9.16. The van der Waals surface area contributed by atoms with Crippen molar-refractivity contribution in [3.8, 4) is 0 Å². The number of nitrogens with one attached hydrogen (secondary N) is 1. The van der Waals surface area contributed by atoms with E-state index < -0.39 is 10.0 Å². The topological polar surface area (TPSA) is 72.2 Å². The summed E-state index contributed by atoms with van der Waals surface area (Å²) in [6.07, 6.45) is 4.29. The summed E-state index contributed by atoms with van der Waals surface area (Å²) in [4.78, 5) is 0.191. The Morgan fingerprint density at radius 1 is 1.19 bits per heavy atom. The number of benzene rings is 1. The minimum atomic E-state index is -3.54. The van der Waals surface area contributed by atoms with Crippen molar-refractivity contribution in [3.63, 3.8) is 0 Å². The van der Waals surface area contributed by atoms with Crippen LogP contribution < -0.4 is 10.5 Å². The second-order valence-corrected chi connectivity index (χ2v) is 7.48. The molecule has 0 saturated heterocycles. The summed E-state index contributed by atoms with van der Waals surface area (Å²) in [6, 6.07) is 3.37. The first-order chi connectivity index (χ1) is 9.81. The van der Waals surface area contributed by atoms with Crippen molar-refractivity contribution >= 4 is 15.7 Å². The van der Waals surface area contributed by atoms with Gasteiger partial charge in [-0.3, -0.25) is 0 Å². The fourth-order valence-corrected chi connectivity index (χ4v) is 3.61. The summed E-state index contributed by atoms with van der Waals surface area (Å²) < 4.78 is 27.6. The van der Waals surface area contributed by atoms with Gasteiger partial charge < -0.3 is 5.73 Å². The van der Waals surface area contributed by atoms with Crippen molar-refractivity contribution in [3.05, 3.63) is 23.3 Å². The molecule has 1 atom stereocenters. The lowest BCUT2D eigenvalue weighted by Gasteiger charge is -2.16. The van der Waals surface area contributed by atoms with E-state index in [1.165, 1.54) is 0 Å². The number of unbranched alkanes of at least 4 members (excludes halogenated alkanes) is 1. The Bertz CT molecular complexity index is 568. The van der Waals surface area contributed by atoms with Crippen LogP contribution in [0.5, 0.6) is 0 Å². The summed E-state index contributed by atoms with van der Waals surface area (Å²) in [6.45, 7) is 8.54. The summed E-state index contributed by atoms with van der Waals surface area (Å²) in [7, 11) is -3.54. The van der Waals surface area contributed by atoms with Gasteiger partial charge in [-0.15, -0.1) is 0 Å². The predicted octanol–water partition coefficient (Wildman–Crippen LogP) is 3.38. The Balaban J connectivity index is 2.84. The second-order valence-electron chi connectivity index (χ2n) is 5.74. The van der Waals surface area contributed by atoms with Crippen LogP contribution in [0.1, 0.15) is 50.7 Å². The number of nitrogens with two attached hydrogens (primary N) is 1. The molecule has 0 aliphatic rings. The zero-order chi connectivity index (χ0) is 16.0.